The van der Waals surface area contributed by atoms with Crippen LogP contribution in [0.25, 0.3) is 0 Å². The van der Waals surface area contributed by atoms with Crippen molar-refractivity contribution in [2.24, 2.45) is 0 Å². The smallest absolute Gasteiger partial charge is 0.123 e. The third kappa shape index (κ3) is 3.11. The number of hydrogen-bond acceptors (Lipinski definition) is 3. The van der Waals surface area contributed by atoms with Crippen molar-refractivity contribution >= 4 is 5.69 Å². The number of imidazole rings is 1. The van der Waals surface area contributed by atoms with Crippen molar-refractivity contribution in [3.8, 4) is 5.75 Å². The van der Waals surface area contributed by atoms with Crippen molar-refractivity contribution in [2.75, 3.05) is 12.8 Å². The maximum Gasteiger partial charge on any atom is 0.123 e. The molecular formula is C18H19N3O. The van der Waals surface area contributed by atoms with Crippen molar-refractivity contribution in [1.29, 1.82) is 0 Å². The molecule has 2 N–H and O–H groups in total. The summed E-state index contributed by atoms with van der Waals surface area (Å²) in [7, 11) is 1.69. The molecule has 22 heavy (non-hydrogen) atoms. The average Bonchev–Trinajstić information content (AvgIpc) is 2.95. The van der Waals surface area contributed by atoms with Crippen molar-refractivity contribution in [3.05, 3.63) is 77.9 Å². The summed E-state index contributed by atoms with van der Waals surface area (Å²) in [6.07, 6.45) is 4.58. The van der Waals surface area contributed by atoms with Gasteiger partial charge in [0, 0.05) is 30.1 Å². The van der Waals surface area contributed by atoms with E-state index in [-0.39, 0.29) is 0 Å². The summed E-state index contributed by atoms with van der Waals surface area (Å²) in [6.45, 7) is 0.738. The van der Waals surface area contributed by atoms with Gasteiger partial charge in [-0.3, -0.25) is 0 Å². The highest BCUT2D eigenvalue weighted by molar-refractivity contribution is 5.41. The third-order valence-electron chi connectivity index (χ3n) is 3.65. The zero-order chi connectivity index (χ0) is 15.4. The highest BCUT2D eigenvalue weighted by Gasteiger charge is 2.08. The van der Waals surface area contributed by atoms with E-state index in [1.807, 2.05) is 48.8 Å². The molecular weight excluding hydrogens is 274 g/mol. The molecule has 1 aromatic heterocycles. The van der Waals surface area contributed by atoms with Crippen LogP contribution in [0.5, 0.6) is 5.75 Å². The lowest BCUT2D eigenvalue weighted by Crippen LogP contribution is -2.06. The number of nitrogens with two attached hydrogens (primary N) is 1. The van der Waals surface area contributed by atoms with Crippen LogP contribution in [0.1, 0.15) is 17.0 Å². The van der Waals surface area contributed by atoms with E-state index in [1.165, 1.54) is 0 Å². The van der Waals surface area contributed by atoms with Crippen molar-refractivity contribution in [1.82, 2.24) is 9.55 Å². The minimum absolute atomic E-state index is 0.738. The zero-order valence-corrected chi connectivity index (χ0v) is 12.6. The fraction of sp³-hybridized carbons (Fsp3) is 0.167. The summed E-state index contributed by atoms with van der Waals surface area (Å²) < 4.78 is 7.56. The first-order valence-corrected chi connectivity index (χ1v) is 7.22. The molecule has 3 aromatic rings. The summed E-state index contributed by atoms with van der Waals surface area (Å²) in [5.74, 6) is 1.91. The van der Waals surface area contributed by atoms with Gasteiger partial charge in [0.05, 0.1) is 13.7 Å². The lowest BCUT2D eigenvalue weighted by atomic mass is 10.1. The molecule has 0 unspecified atom stereocenters. The van der Waals surface area contributed by atoms with E-state index in [1.54, 1.807) is 7.11 Å². The summed E-state index contributed by atoms with van der Waals surface area (Å²) in [5, 5.41) is 0. The van der Waals surface area contributed by atoms with Crippen molar-refractivity contribution in [2.45, 2.75) is 13.0 Å². The Morgan fingerprint density at radius 1 is 1.14 bits per heavy atom. The summed E-state index contributed by atoms with van der Waals surface area (Å²) in [5.41, 5.74) is 8.92. The van der Waals surface area contributed by atoms with Crippen LogP contribution in [0, 0.1) is 0 Å². The molecule has 0 amide bonds. The largest absolute Gasteiger partial charge is 0.496 e. The highest BCUT2D eigenvalue weighted by atomic mass is 16.5. The highest BCUT2D eigenvalue weighted by Crippen LogP contribution is 2.20. The van der Waals surface area contributed by atoms with E-state index in [4.69, 9.17) is 10.5 Å². The Hall–Kier alpha value is -2.75. The van der Waals surface area contributed by atoms with Crippen LogP contribution in [0.2, 0.25) is 0 Å². The molecule has 0 aliphatic rings. The zero-order valence-electron chi connectivity index (χ0n) is 12.6. The predicted molar refractivity (Wildman–Crippen MR) is 88.0 cm³/mol. The second kappa shape index (κ2) is 6.35. The van der Waals surface area contributed by atoms with Crippen LogP contribution in [-0.2, 0) is 13.0 Å². The molecule has 112 valence electrons. The van der Waals surface area contributed by atoms with Gasteiger partial charge in [-0.05, 0) is 23.8 Å². The van der Waals surface area contributed by atoms with Gasteiger partial charge in [-0.1, -0.05) is 30.3 Å². The standard InChI is InChI=1S/C18H19N3O/c1-22-17-8-3-2-6-15(17)13-21-10-9-20-18(21)12-14-5-4-7-16(19)11-14/h2-11H,12-13,19H2,1H3. The number of aromatic nitrogens is 2. The molecule has 0 spiro atoms. The van der Waals surface area contributed by atoms with Gasteiger partial charge in [0.15, 0.2) is 0 Å². The van der Waals surface area contributed by atoms with Crippen LogP contribution in [0.15, 0.2) is 60.9 Å². The molecule has 4 heteroatoms. The quantitative estimate of drug-likeness (QED) is 0.735. The first-order valence-electron chi connectivity index (χ1n) is 7.22. The van der Waals surface area contributed by atoms with Crippen LogP contribution < -0.4 is 10.5 Å². The van der Waals surface area contributed by atoms with E-state index in [0.717, 1.165) is 41.4 Å². The maximum absolute atomic E-state index is 5.84. The molecule has 0 aliphatic heterocycles. The molecule has 4 nitrogen and oxygen atoms in total. The number of ether oxygens (including phenoxy) is 1. The normalized spacial score (nSPS) is 10.6. The van der Waals surface area contributed by atoms with Gasteiger partial charge in [0.1, 0.15) is 11.6 Å². The number of anilines is 1. The molecule has 0 bridgehead atoms. The molecule has 0 aliphatic carbocycles. The third-order valence-corrected chi connectivity index (χ3v) is 3.65. The fourth-order valence-electron chi connectivity index (χ4n) is 2.55. The Kier molecular flexibility index (Phi) is 4.10. The summed E-state index contributed by atoms with van der Waals surface area (Å²) in [6, 6.07) is 16.0. The molecule has 0 radical (unpaired) electrons. The van der Waals surface area contributed by atoms with Crippen LogP contribution >= 0.6 is 0 Å². The predicted octanol–water partition coefficient (Wildman–Crippen LogP) is 3.11. The SMILES string of the molecule is COc1ccccc1Cn1ccnc1Cc1cccc(N)c1. The lowest BCUT2D eigenvalue weighted by Gasteiger charge is -2.11. The van der Waals surface area contributed by atoms with E-state index >= 15 is 0 Å². The number of benzene rings is 2. The Balaban J connectivity index is 1.83. The first-order chi connectivity index (χ1) is 10.8. The van der Waals surface area contributed by atoms with Gasteiger partial charge in [0.25, 0.3) is 0 Å². The Morgan fingerprint density at radius 3 is 2.82 bits per heavy atom. The number of rotatable bonds is 5. The minimum atomic E-state index is 0.738. The Bertz CT molecular complexity index is 764. The van der Waals surface area contributed by atoms with Crippen molar-refractivity contribution in [3.63, 3.8) is 0 Å². The van der Waals surface area contributed by atoms with Gasteiger partial charge >= 0.3 is 0 Å². The van der Waals surface area contributed by atoms with E-state index in [0.29, 0.717) is 0 Å². The van der Waals surface area contributed by atoms with Crippen LogP contribution in [0.3, 0.4) is 0 Å². The first kappa shape index (κ1) is 14.2. The number of methoxy groups -OCH3 is 1. The van der Waals surface area contributed by atoms with Gasteiger partial charge in [-0.15, -0.1) is 0 Å². The molecule has 0 atom stereocenters. The monoisotopic (exact) mass is 293 g/mol. The molecule has 2 aromatic carbocycles. The average molecular weight is 293 g/mol. The van der Waals surface area contributed by atoms with Crippen LogP contribution in [-0.4, -0.2) is 16.7 Å². The number of para-hydroxylation sites is 1. The second-order valence-electron chi connectivity index (χ2n) is 5.21. The summed E-state index contributed by atoms with van der Waals surface area (Å²) >= 11 is 0. The molecule has 1 heterocycles. The molecule has 3 rings (SSSR count). The van der Waals surface area contributed by atoms with Crippen LogP contribution in [0.4, 0.5) is 5.69 Å². The molecule has 0 fully saturated rings. The maximum atomic E-state index is 5.84. The van der Waals surface area contributed by atoms with E-state index < -0.39 is 0 Å². The van der Waals surface area contributed by atoms with Gasteiger partial charge in [0.2, 0.25) is 0 Å². The molecule has 0 saturated carbocycles. The van der Waals surface area contributed by atoms with E-state index in [9.17, 15) is 0 Å². The van der Waals surface area contributed by atoms with Gasteiger partial charge in [-0.2, -0.15) is 0 Å². The summed E-state index contributed by atoms with van der Waals surface area (Å²) in [4.78, 5) is 4.47. The Labute approximate surface area is 130 Å². The molecule has 0 saturated heterocycles. The topological polar surface area (TPSA) is 53.1 Å². The number of nitrogens with zero attached hydrogens (tertiary/aromatic N) is 2. The fourth-order valence-corrected chi connectivity index (χ4v) is 2.55. The minimum Gasteiger partial charge on any atom is -0.496 e. The second-order valence-corrected chi connectivity index (χ2v) is 5.21. The Morgan fingerprint density at radius 2 is 2.00 bits per heavy atom. The number of nitrogen functional groups attached to an aromatic ring is 1. The van der Waals surface area contributed by atoms with E-state index in [2.05, 4.69) is 21.7 Å². The van der Waals surface area contributed by atoms with Gasteiger partial charge < -0.3 is 15.0 Å². The number of hydrogen-bond donors (Lipinski definition) is 1. The lowest BCUT2D eigenvalue weighted by molar-refractivity contribution is 0.408. The van der Waals surface area contributed by atoms with Gasteiger partial charge in [-0.25, -0.2) is 4.98 Å². The van der Waals surface area contributed by atoms with Crippen molar-refractivity contribution < 1.29 is 4.74 Å².